The summed E-state index contributed by atoms with van der Waals surface area (Å²) in [6.07, 6.45) is 0. The molecule has 1 aliphatic rings. The van der Waals surface area contributed by atoms with E-state index in [-0.39, 0.29) is 5.01 Å². The van der Waals surface area contributed by atoms with Gasteiger partial charge in [-0.15, -0.1) is 11.3 Å². The molecule has 0 fully saturated rings. The van der Waals surface area contributed by atoms with Crippen molar-refractivity contribution in [3.8, 4) is 11.5 Å². The number of alkyl halides is 1. The van der Waals surface area contributed by atoms with Crippen molar-refractivity contribution >= 4 is 27.3 Å². The van der Waals surface area contributed by atoms with Gasteiger partial charge in [0.15, 0.2) is 16.5 Å². The SMILES string of the molecule is BrC1COc2cscc2O1. The molecule has 4 heteroatoms. The van der Waals surface area contributed by atoms with Crippen molar-refractivity contribution in [1.82, 2.24) is 0 Å². The van der Waals surface area contributed by atoms with Crippen LogP contribution in [0.3, 0.4) is 0 Å². The fourth-order valence-corrected chi connectivity index (χ4v) is 1.80. The predicted molar refractivity (Wildman–Crippen MR) is 43.2 cm³/mol. The van der Waals surface area contributed by atoms with Crippen LogP contribution in [0.5, 0.6) is 11.5 Å². The van der Waals surface area contributed by atoms with E-state index in [4.69, 9.17) is 9.47 Å². The van der Waals surface area contributed by atoms with Crippen LogP contribution in [0.25, 0.3) is 0 Å². The lowest BCUT2D eigenvalue weighted by Crippen LogP contribution is -2.22. The summed E-state index contributed by atoms with van der Waals surface area (Å²) in [5, 5.41) is 3.88. The molecule has 1 atom stereocenters. The molecule has 0 spiro atoms. The first-order valence-corrected chi connectivity index (χ1v) is 4.72. The quantitative estimate of drug-likeness (QED) is 0.625. The minimum Gasteiger partial charge on any atom is -0.484 e. The van der Waals surface area contributed by atoms with Crippen LogP contribution in [0.2, 0.25) is 0 Å². The molecule has 54 valence electrons. The van der Waals surface area contributed by atoms with Gasteiger partial charge in [-0.3, -0.25) is 0 Å². The van der Waals surface area contributed by atoms with Crippen LogP contribution in [0.15, 0.2) is 10.8 Å². The molecule has 0 saturated carbocycles. The van der Waals surface area contributed by atoms with Crippen molar-refractivity contribution in [2.24, 2.45) is 0 Å². The first-order chi connectivity index (χ1) is 4.86. The fourth-order valence-electron chi connectivity index (χ4n) is 0.792. The lowest BCUT2D eigenvalue weighted by atomic mass is 10.5. The Labute approximate surface area is 70.9 Å². The van der Waals surface area contributed by atoms with Crippen LogP contribution in [0.1, 0.15) is 0 Å². The van der Waals surface area contributed by atoms with Gasteiger partial charge in [0, 0.05) is 10.8 Å². The molecular formula is C6H5BrO2S. The number of hydrogen-bond donors (Lipinski definition) is 0. The van der Waals surface area contributed by atoms with Crippen molar-refractivity contribution in [3.05, 3.63) is 10.8 Å². The summed E-state index contributed by atoms with van der Waals surface area (Å²) in [4.78, 5) is 0. The molecule has 1 aromatic heterocycles. The minimum atomic E-state index is 0.00889. The Kier molecular flexibility index (Phi) is 1.58. The van der Waals surface area contributed by atoms with Crippen molar-refractivity contribution in [2.45, 2.75) is 5.01 Å². The number of halogens is 1. The van der Waals surface area contributed by atoms with Crippen LogP contribution >= 0.6 is 27.3 Å². The maximum absolute atomic E-state index is 5.37. The highest BCUT2D eigenvalue weighted by Gasteiger charge is 2.18. The number of hydrogen-bond acceptors (Lipinski definition) is 3. The number of fused-ring (bicyclic) bond motifs is 1. The predicted octanol–water partition coefficient (Wildman–Crippen LogP) is 2.24. The Morgan fingerprint density at radius 3 is 3.20 bits per heavy atom. The van der Waals surface area contributed by atoms with E-state index >= 15 is 0 Å². The van der Waals surface area contributed by atoms with Crippen molar-refractivity contribution < 1.29 is 9.47 Å². The lowest BCUT2D eigenvalue weighted by Gasteiger charge is -2.19. The molecular weight excluding hydrogens is 216 g/mol. The molecule has 0 aliphatic carbocycles. The van der Waals surface area contributed by atoms with Gasteiger partial charge in [-0.1, -0.05) is 0 Å². The Hall–Kier alpha value is -0.220. The summed E-state index contributed by atoms with van der Waals surface area (Å²) in [6, 6.07) is 0. The number of rotatable bonds is 0. The Balaban J connectivity index is 2.30. The van der Waals surface area contributed by atoms with Crippen LogP contribution in [0.4, 0.5) is 0 Å². The third kappa shape index (κ3) is 1.01. The molecule has 2 nitrogen and oxygen atoms in total. The van der Waals surface area contributed by atoms with Gasteiger partial charge in [-0.05, 0) is 15.9 Å². The van der Waals surface area contributed by atoms with E-state index in [2.05, 4.69) is 15.9 Å². The van der Waals surface area contributed by atoms with Crippen molar-refractivity contribution in [1.29, 1.82) is 0 Å². The van der Waals surface area contributed by atoms with Gasteiger partial charge in [0.25, 0.3) is 0 Å². The zero-order valence-electron chi connectivity index (χ0n) is 5.04. The van der Waals surface area contributed by atoms with E-state index in [9.17, 15) is 0 Å². The van der Waals surface area contributed by atoms with Crippen LogP contribution < -0.4 is 9.47 Å². The highest BCUT2D eigenvalue weighted by atomic mass is 79.9. The third-order valence-corrected chi connectivity index (χ3v) is 2.37. The van der Waals surface area contributed by atoms with Gasteiger partial charge in [0.05, 0.1) is 0 Å². The molecule has 2 rings (SSSR count). The van der Waals surface area contributed by atoms with E-state index in [0.29, 0.717) is 6.61 Å². The summed E-state index contributed by atoms with van der Waals surface area (Å²) in [5.74, 6) is 1.71. The highest BCUT2D eigenvalue weighted by molar-refractivity contribution is 9.09. The Morgan fingerprint density at radius 1 is 1.50 bits per heavy atom. The van der Waals surface area contributed by atoms with E-state index in [0.717, 1.165) is 11.5 Å². The zero-order chi connectivity index (χ0) is 6.97. The van der Waals surface area contributed by atoms with Gasteiger partial charge in [0.1, 0.15) is 6.61 Å². The molecule has 0 radical (unpaired) electrons. The molecule has 1 unspecified atom stereocenters. The Bertz CT molecular complexity index is 235. The minimum absolute atomic E-state index is 0.00889. The van der Waals surface area contributed by atoms with Crippen molar-refractivity contribution in [2.75, 3.05) is 6.61 Å². The van der Waals surface area contributed by atoms with Crippen LogP contribution in [-0.4, -0.2) is 11.6 Å². The normalized spacial score (nSPS) is 22.7. The summed E-state index contributed by atoms with van der Waals surface area (Å²) in [5.41, 5.74) is 0. The standard InChI is InChI=1S/C6H5BrO2S/c7-6-1-8-4-2-10-3-5(4)9-6/h2-3,6H,1H2. The largest absolute Gasteiger partial charge is 0.484 e. The first kappa shape index (κ1) is 6.49. The topological polar surface area (TPSA) is 18.5 Å². The van der Waals surface area contributed by atoms with E-state index in [1.165, 1.54) is 0 Å². The number of thiophene rings is 1. The molecule has 2 heterocycles. The fraction of sp³-hybridized carbons (Fsp3) is 0.333. The molecule has 0 saturated heterocycles. The summed E-state index contributed by atoms with van der Waals surface area (Å²) < 4.78 is 10.7. The van der Waals surface area contributed by atoms with E-state index in [1.807, 2.05) is 10.8 Å². The summed E-state index contributed by atoms with van der Waals surface area (Å²) >= 11 is 4.89. The van der Waals surface area contributed by atoms with Gasteiger partial charge in [-0.25, -0.2) is 0 Å². The van der Waals surface area contributed by atoms with E-state index in [1.54, 1.807) is 11.3 Å². The highest BCUT2D eigenvalue weighted by Crippen LogP contribution is 2.36. The second-order valence-electron chi connectivity index (χ2n) is 1.94. The first-order valence-electron chi connectivity index (χ1n) is 2.86. The van der Waals surface area contributed by atoms with Crippen molar-refractivity contribution in [3.63, 3.8) is 0 Å². The molecule has 10 heavy (non-hydrogen) atoms. The molecule has 1 aliphatic heterocycles. The average Bonchev–Trinajstić information content (AvgIpc) is 2.33. The number of ether oxygens (including phenoxy) is 2. The second-order valence-corrected chi connectivity index (χ2v) is 3.70. The average molecular weight is 221 g/mol. The molecule has 0 N–H and O–H groups in total. The van der Waals surface area contributed by atoms with Gasteiger partial charge in [-0.2, -0.15) is 0 Å². The van der Waals surface area contributed by atoms with E-state index < -0.39 is 0 Å². The second kappa shape index (κ2) is 2.43. The molecule has 0 amide bonds. The smallest absolute Gasteiger partial charge is 0.187 e. The van der Waals surface area contributed by atoms with Crippen LogP contribution in [-0.2, 0) is 0 Å². The van der Waals surface area contributed by atoms with Gasteiger partial charge in [0.2, 0.25) is 0 Å². The molecule has 1 aromatic rings. The maximum atomic E-state index is 5.37. The monoisotopic (exact) mass is 220 g/mol. The Morgan fingerprint density at radius 2 is 2.30 bits per heavy atom. The van der Waals surface area contributed by atoms with Crippen LogP contribution in [0, 0.1) is 0 Å². The lowest BCUT2D eigenvalue weighted by molar-refractivity contribution is 0.155. The zero-order valence-corrected chi connectivity index (χ0v) is 7.44. The summed E-state index contributed by atoms with van der Waals surface area (Å²) in [7, 11) is 0. The maximum Gasteiger partial charge on any atom is 0.187 e. The van der Waals surface area contributed by atoms with Gasteiger partial charge < -0.3 is 9.47 Å². The molecule has 0 aromatic carbocycles. The summed E-state index contributed by atoms with van der Waals surface area (Å²) in [6.45, 7) is 0.587. The third-order valence-electron chi connectivity index (χ3n) is 1.22. The van der Waals surface area contributed by atoms with Gasteiger partial charge >= 0.3 is 0 Å². The molecule has 0 bridgehead atoms.